The molecule has 6 nitrogen and oxygen atoms in total. The molecule has 0 fully saturated rings. The zero-order valence-electron chi connectivity index (χ0n) is 12.0. The fourth-order valence-electron chi connectivity index (χ4n) is 2.37. The van der Waals surface area contributed by atoms with Crippen molar-refractivity contribution in [1.29, 1.82) is 0 Å². The van der Waals surface area contributed by atoms with Crippen molar-refractivity contribution < 1.29 is 0 Å². The summed E-state index contributed by atoms with van der Waals surface area (Å²) < 4.78 is 0. The Kier molecular flexibility index (Phi) is 3.68. The Balaban J connectivity index is 1.93. The molecule has 0 saturated heterocycles. The number of anilines is 2. The molecule has 0 spiro atoms. The van der Waals surface area contributed by atoms with E-state index in [9.17, 15) is 0 Å². The van der Waals surface area contributed by atoms with Crippen LogP contribution in [0.3, 0.4) is 0 Å². The average Bonchev–Trinajstić information content (AvgIpc) is 2.97. The van der Waals surface area contributed by atoms with Gasteiger partial charge in [0.2, 0.25) is 0 Å². The molecule has 0 amide bonds. The van der Waals surface area contributed by atoms with Gasteiger partial charge in [0.15, 0.2) is 11.5 Å². The topological polar surface area (TPSA) is 83.7 Å². The molecule has 0 saturated carbocycles. The summed E-state index contributed by atoms with van der Waals surface area (Å²) in [7, 11) is 0. The van der Waals surface area contributed by atoms with Crippen LogP contribution in [0.25, 0.3) is 11.2 Å². The van der Waals surface area contributed by atoms with Crippen LogP contribution >= 0.6 is 0 Å². The van der Waals surface area contributed by atoms with Gasteiger partial charge in [-0.05, 0) is 24.1 Å². The molecule has 3 N–H and O–H groups in total. The van der Waals surface area contributed by atoms with Crippen molar-refractivity contribution in [3.63, 3.8) is 0 Å². The molecule has 0 radical (unpaired) electrons. The molecule has 21 heavy (non-hydrogen) atoms. The monoisotopic (exact) mass is 282 g/mol. The summed E-state index contributed by atoms with van der Waals surface area (Å²) >= 11 is 0. The standard InChI is InChI=1S/C15H18N6/c1-2-7-21(8-11-3-5-12(16)6-4-11)15-13-14(18-9-17-13)19-10-20-15/h3-6,9-10H,2,7-8,16H2,1H3,(H,17,18,19,20). The molecule has 108 valence electrons. The first-order valence-electron chi connectivity index (χ1n) is 7.01. The molecule has 0 bridgehead atoms. The van der Waals surface area contributed by atoms with Crippen LogP contribution in [0.1, 0.15) is 18.9 Å². The number of hydrogen-bond donors (Lipinski definition) is 2. The minimum atomic E-state index is 0.693. The molecule has 0 aliphatic carbocycles. The van der Waals surface area contributed by atoms with E-state index in [-0.39, 0.29) is 0 Å². The lowest BCUT2D eigenvalue weighted by molar-refractivity contribution is 0.756. The molecule has 3 aromatic rings. The summed E-state index contributed by atoms with van der Waals surface area (Å²) in [5, 5.41) is 0. The maximum Gasteiger partial charge on any atom is 0.182 e. The average molecular weight is 282 g/mol. The van der Waals surface area contributed by atoms with Crippen molar-refractivity contribution in [2.45, 2.75) is 19.9 Å². The summed E-state index contributed by atoms with van der Waals surface area (Å²) in [6, 6.07) is 7.93. The number of rotatable bonds is 5. The summed E-state index contributed by atoms with van der Waals surface area (Å²) in [4.78, 5) is 18.1. The van der Waals surface area contributed by atoms with E-state index in [1.54, 1.807) is 12.7 Å². The number of nitrogens with zero attached hydrogens (tertiary/aromatic N) is 4. The molecule has 1 aromatic carbocycles. The second-order valence-corrected chi connectivity index (χ2v) is 4.96. The van der Waals surface area contributed by atoms with E-state index in [1.165, 1.54) is 5.56 Å². The maximum absolute atomic E-state index is 5.74. The molecule has 3 rings (SSSR count). The quantitative estimate of drug-likeness (QED) is 0.702. The molecular formula is C15H18N6. The highest BCUT2D eigenvalue weighted by atomic mass is 15.2. The van der Waals surface area contributed by atoms with E-state index in [4.69, 9.17) is 5.73 Å². The number of nitrogen functional groups attached to an aromatic ring is 1. The van der Waals surface area contributed by atoms with Gasteiger partial charge in [-0.3, -0.25) is 0 Å². The molecule has 0 aliphatic rings. The summed E-state index contributed by atoms with van der Waals surface area (Å²) in [5.41, 5.74) is 9.28. The van der Waals surface area contributed by atoms with Gasteiger partial charge >= 0.3 is 0 Å². The Bertz CT molecular complexity index is 718. The largest absolute Gasteiger partial charge is 0.399 e. The first-order chi connectivity index (χ1) is 10.3. The van der Waals surface area contributed by atoms with Gasteiger partial charge in [-0.15, -0.1) is 0 Å². The molecule has 0 unspecified atom stereocenters. The van der Waals surface area contributed by atoms with E-state index in [0.717, 1.165) is 36.5 Å². The Morgan fingerprint density at radius 3 is 2.71 bits per heavy atom. The van der Waals surface area contributed by atoms with Crippen molar-refractivity contribution >= 4 is 22.7 Å². The second-order valence-electron chi connectivity index (χ2n) is 4.96. The van der Waals surface area contributed by atoms with Gasteiger partial charge in [-0.2, -0.15) is 0 Å². The minimum Gasteiger partial charge on any atom is -0.399 e. The Morgan fingerprint density at radius 1 is 1.14 bits per heavy atom. The Morgan fingerprint density at radius 2 is 1.95 bits per heavy atom. The van der Waals surface area contributed by atoms with Crippen LogP contribution < -0.4 is 10.6 Å². The van der Waals surface area contributed by atoms with E-state index in [1.807, 2.05) is 24.3 Å². The van der Waals surface area contributed by atoms with Crippen LogP contribution in [0.15, 0.2) is 36.9 Å². The van der Waals surface area contributed by atoms with Crippen molar-refractivity contribution in [1.82, 2.24) is 19.9 Å². The number of aromatic amines is 1. The van der Waals surface area contributed by atoms with Crippen LogP contribution in [-0.4, -0.2) is 26.5 Å². The molecule has 6 heteroatoms. The summed E-state index contributed by atoms with van der Waals surface area (Å²) in [5.74, 6) is 0.885. The van der Waals surface area contributed by atoms with Crippen LogP contribution in [0.4, 0.5) is 11.5 Å². The summed E-state index contributed by atoms with van der Waals surface area (Å²) in [6.07, 6.45) is 4.24. The normalized spacial score (nSPS) is 10.9. The first kappa shape index (κ1) is 13.4. The van der Waals surface area contributed by atoms with Crippen molar-refractivity contribution in [3.05, 3.63) is 42.5 Å². The van der Waals surface area contributed by atoms with Gasteiger partial charge < -0.3 is 15.6 Å². The Labute approximate surface area is 123 Å². The number of imidazole rings is 1. The number of hydrogen-bond acceptors (Lipinski definition) is 5. The van der Waals surface area contributed by atoms with E-state index in [2.05, 4.69) is 31.8 Å². The number of nitrogens with two attached hydrogens (primary N) is 1. The number of benzene rings is 1. The zero-order valence-corrected chi connectivity index (χ0v) is 12.0. The van der Waals surface area contributed by atoms with Gasteiger partial charge in [0.1, 0.15) is 11.8 Å². The van der Waals surface area contributed by atoms with Crippen LogP contribution in [-0.2, 0) is 6.54 Å². The van der Waals surface area contributed by atoms with Crippen molar-refractivity contribution in [2.75, 3.05) is 17.2 Å². The number of fused-ring (bicyclic) bond motifs is 1. The van der Waals surface area contributed by atoms with E-state index < -0.39 is 0 Å². The maximum atomic E-state index is 5.74. The fourth-order valence-corrected chi connectivity index (χ4v) is 2.37. The fraction of sp³-hybridized carbons (Fsp3) is 0.267. The third kappa shape index (κ3) is 2.79. The van der Waals surface area contributed by atoms with Gasteiger partial charge in [0.25, 0.3) is 0 Å². The first-order valence-corrected chi connectivity index (χ1v) is 7.01. The number of nitrogens with one attached hydrogen (secondary N) is 1. The van der Waals surface area contributed by atoms with E-state index >= 15 is 0 Å². The molecule has 2 aromatic heterocycles. The van der Waals surface area contributed by atoms with Crippen LogP contribution in [0.5, 0.6) is 0 Å². The molecule has 2 heterocycles. The number of H-pyrrole nitrogens is 1. The predicted octanol–water partition coefficient (Wildman–Crippen LogP) is 2.35. The van der Waals surface area contributed by atoms with Gasteiger partial charge in [0.05, 0.1) is 6.33 Å². The smallest absolute Gasteiger partial charge is 0.182 e. The highest BCUT2D eigenvalue weighted by Crippen LogP contribution is 2.22. The predicted molar refractivity (Wildman–Crippen MR) is 83.9 cm³/mol. The van der Waals surface area contributed by atoms with Crippen molar-refractivity contribution in [3.8, 4) is 0 Å². The van der Waals surface area contributed by atoms with Crippen molar-refractivity contribution in [2.24, 2.45) is 0 Å². The highest BCUT2D eigenvalue weighted by molar-refractivity contribution is 5.82. The third-order valence-electron chi connectivity index (χ3n) is 3.35. The van der Waals surface area contributed by atoms with Crippen LogP contribution in [0, 0.1) is 0 Å². The number of aromatic nitrogens is 4. The zero-order chi connectivity index (χ0) is 14.7. The molecule has 0 aliphatic heterocycles. The highest BCUT2D eigenvalue weighted by Gasteiger charge is 2.13. The lowest BCUT2D eigenvalue weighted by Crippen LogP contribution is -2.25. The van der Waals surface area contributed by atoms with Gasteiger partial charge in [0, 0.05) is 18.8 Å². The third-order valence-corrected chi connectivity index (χ3v) is 3.35. The SMILES string of the molecule is CCCN(Cc1ccc(N)cc1)c1ncnc2nc[nH]c12. The molecule has 0 atom stereocenters. The Hall–Kier alpha value is -2.63. The minimum absolute atomic E-state index is 0.693. The van der Waals surface area contributed by atoms with Gasteiger partial charge in [-0.1, -0.05) is 19.1 Å². The lowest BCUT2D eigenvalue weighted by atomic mass is 10.2. The van der Waals surface area contributed by atoms with Gasteiger partial charge in [-0.25, -0.2) is 15.0 Å². The lowest BCUT2D eigenvalue weighted by Gasteiger charge is -2.23. The van der Waals surface area contributed by atoms with E-state index in [0.29, 0.717) is 5.65 Å². The van der Waals surface area contributed by atoms with Crippen LogP contribution in [0.2, 0.25) is 0 Å². The summed E-state index contributed by atoms with van der Waals surface area (Å²) in [6.45, 7) is 3.84. The molecular weight excluding hydrogens is 264 g/mol. The second kappa shape index (κ2) is 5.78.